The molecule has 0 saturated carbocycles. The van der Waals surface area contributed by atoms with Crippen molar-refractivity contribution in [3.63, 3.8) is 0 Å². The molecule has 1 aliphatic heterocycles. The van der Waals surface area contributed by atoms with Gasteiger partial charge in [0.1, 0.15) is 12.4 Å². The lowest BCUT2D eigenvalue weighted by Crippen LogP contribution is -2.05. The predicted octanol–water partition coefficient (Wildman–Crippen LogP) is 7.04. The van der Waals surface area contributed by atoms with E-state index in [2.05, 4.69) is 18.8 Å². The topological polar surface area (TPSA) is 47.9 Å². The molecule has 0 saturated heterocycles. The van der Waals surface area contributed by atoms with Crippen molar-refractivity contribution in [2.45, 2.75) is 26.4 Å². The molecule has 0 spiro atoms. The van der Waals surface area contributed by atoms with Crippen molar-refractivity contribution in [3.8, 4) is 5.75 Å². The number of halogens is 2. The van der Waals surface area contributed by atoms with E-state index in [0.29, 0.717) is 34.2 Å². The van der Waals surface area contributed by atoms with Crippen molar-refractivity contribution in [1.82, 2.24) is 0 Å². The van der Waals surface area contributed by atoms with Crippen molar-refractivity contribution in [1.29, 1.82) is 0 Å². The standard InChI is InChI=1S/C26H21Cl2NO3/c1-16(2)19-7-9-20(10-8-19)25-29-24(26(30)32-25)14-17-4-3-5-21(12-17)31-15-18-6-11-22(27)23(28)13-18/h3-14,16H,15H2,1-2H3/b24-14-. The number of hydrogen-bond donors (Lipinski definition) is 0. The third-order valence-electron chi connectivity index (χ3n) is 5.00. The number of esters is 1. The SMILES string of the molecule is CC(C)c1ccc(C2=N/C(=C\c3cccc(OCc4ccc(Cl)c(Cl)c4)c3)C(=O)O2)cc1. The lowest BCUT2D eigenvalue weighted by molar-refractivity contribution is -0.129. The molecule has 4 nitrogen and oxygen atoms in total. The Labute approximate surface area is 197 Å². The third-order valence-corrected chi connectivity index (χ3v) is 5.73. The van der Waals surface area contributed by atoms with Gasteiger partial charge in [-0.1, -0.05) is 67.4 Å². The highest BCUT2D eigenvalue weighted by Gasteiger charge is 2.24. The van der Waals surface area contributed by atoms with Crippen molar-refractivity contribution >= 4 is 41.1 Å². The Morgan fingerprint density at radius 1 is 1.00 bits per heavy atom. The largest absolute Gasteiger partial charge is 0.489 e. The van der Waals surface area contributed by atoms with Gasteiger partial charge >= 0.3 is 5.97 Å². The Bertz CT molecular complexity index is 1210. The second-order valence-electron chi connectivity index (χ2n) is 7.72. The number of benzene rings is 3. The molecular weight excluding hydrogens is 445 g/mol. The molecule has 1 aliphatic rings. The summed E-state index contributed by atoms with van der Waals surface area (Å²) in [6.07, 6.45) is 1.68. The van der Waals surface area contributed by atoms with E-state index in [0.717, 1.165) is 16.7 Å². The van der Waals surface area contributed by atoms with Crippen molar-refractivity contribution < 1.29 is 14.3 Å². The van der Waals surface area contributed by atoms with E-state index in [1.165, 1.54) is 5.56 Å². The number of rotatable bonds is 6. The molecule has 0 radical (unpaired) electrons. The molecule has 3 aromatic carbocycles. The molecular formula is C26H21Cl2NO3. The fraction of sp³-hybridized carbons (Fsp3) is 0.154. The zero-order valence-electron chi connectivity index (χ0n) is 17.6. The number of hydrogen-bond acceptors (Lipinski definition) is 4. The van der Waals surface area contributed by atoms with E-state index >= 15 is 0 Å². The number of carbonyl (C=O) groups excluding carboxylic acids is 1. The summed E-state index contributed by atoms with van der Waals surface area (Å²) < 4.78 is 11.2. The summed E-state index contributed by atoms with van der Waals surface area (Å²) in [6, 6.07) is 20.7. The summed E-state index contributed by atoms with van der Waals surface area (Å²) in [6.45, 7) is 4.60. The number of aliphatic imine (C=N–C) groups is 1. The molecule has 0 unspecified atom stereocenters. The average molecular weight is 466 g/mol. The molecule has 1 heterocycles. The minimum absolute atomic E-state index is 0.245. The molecule has 0 amide bonds. The van der Waals surface area contributed by atoms with Crippen LogP contribution in [0.2, 0.25) is 10.0 Å². The Balaban J connectivity index is 1.49. The Hall–Kier alpha value is -3.08. The summed E-state index contributed by atoms with van der Waals surface area (Å²) in [5, 5.41) is 0.988. The molecule has 3 aromatic rings. The lowest BCUT2D eigenvalue weighted by atomic mass is 10.0. The zero-order valence-corrected chi connectivity index (χ0v) is 19.2. The maximum absolute atomic E-state index is 12.3. The summed E-state index contributed by atoms with van der Waals surface area (Å²) in [5.74, 6) is 0.919. The first kappa shape index (κ1) is 22.1. The summed E-state index contributed by atoms with van der Waals surface area (Å²) in [5.41, 5.74) is 3.91. The van der Waals surface area contributed by atoms with Gasteiger partial charge in [-0.05, 0) is 65.1 Å². The van der Waals surface area contributed by atoms with Crippen LogP contribution in [0.1, 0.15) is 42.0 Å². The molecule has 0 aliphatic carbocycles. The quantitative estimate of drug-likeness (QED) is 0.289. The fourth-order valence-electron chi connectivity index (χ4n) is 3.19. The normalized spacial score (nSPS) is 14.6. The average Bonchev–Trinajstić information content (AvgIpc) is 3.15. The van der Waals surface area contributed by atoms with E-state index in [9.17, 15) is 4.79 Å². The van der Waals surface area contributed by atoms with E-state index in [1.807, 2.05) is 54.6 Å². The highest BCUT2D eigenvalue weighted by atomic mass is 35.5. The van der Waals surface area contributed by atoms with E-state index in [1.54, 1.807) is 18.2 Å². The van der Waals surface area contributed by atoms with Crippen LogP contribution in [0.4, 0.5) is 0 Å². The van der Waals surface area contributed by atoms with Gasteiger partial charge in [-0.2, -0.15) is 0 Å². The molecule has 4 rings (SSSR count). The number of cyclic esters (lactones) is 1. The molecule has 32 heavy (non-hydrogen) atoms. The summed E-state index contributed by atoms with van der Waals surface area (Å²) in [4.78, 5) is 16.7. The van der Waals surface area contributed by atoms with E-state index in [4.69, 9.17) is 32.7 Å². The first-order valence-electron chi connectivity index (χ1n) is 10.2. The molecule has 6 heteroatoms. The predicted molar refractivity (Wildman–Crippen MR) is 128 cm³/mol. The van der Waals surface area contributed by atoms with Crippen LogP contribution in [-0.2, 0) is 16.1 Å². The van der Waals surface area contributed by atoms with E-state index in [-0.39, 0.29) is 5.70 Å². The van der Waals surface area contributed by atoms with Gasteiger partial charge in [-0.15, -0.1) is 0 Å². The van der Waals surface area contributed by atoms with Crippen LogP contribution in [0.3, 0.4) is 0 Å². The summed E-state index contributed by atoms with van der Waals surface area (Å²) >= 11 is 12.0. The first-order valence-corrected chi connectivity index (χ1v) is 10.9. The van der Waals surface area contributed by atoms with Gasteiger partial charge < -0.3 is 9.47 Å². The van der Waals surface area contributed by atoms with Crippen LogP contribution >= 0.6 is 23.2 Å². The van der Waals surface area contributed by atoms with Crippen LogP contribution in [0.15, 0.2) is 77.4 Å². The number of ether oxygens (including phenoxy) is 2. The molecule has 0 atom stereocenters. The second kappa shape index (κ2) is 9.60. The Morgan fingerprint density at radius 3 is 2.50 bits per heavy atom. The number of nitrogens with zero attached hydrogens (tertiary/aromatic N) is 1. The third kappa shape index (κ3) is 5.21. The molecule has 0 fully saturated rings. The van der Waals surface area contributed by atoms with Gasteiger partial charge in [0.2, 0.25) is 5.90 Å². The molecule has 0 N–H and O–H groups in total. The Morgan fingerprint density at radius 2 is 1.78 bits per heavy atom. The minimum atomic E-state index is -0.477. The van der Waals surface area contributed by atoms with Gasteiger partial charge in [0.05, 0.1) is 10.0 Å². The fourth-order valence-corrected chi connectivity index (χ4v) is 3.51. The molecule has 0 bridgehead atoms. The van der Waals surface area contributed by atoms with Gasteiger partial charge in [0.25, 0.3) is 0 Å². The monoisotopic (exact) mass is 465 g/mol. The summed E-state index contributed by atoms with van der Waals surface area (Å²) in [7, 11) is 0. The van der Waals surface area contributed by atoms with Crippen LogP contribution < -0.4 is 4.74 Å². The van der Waals surface area contributed by atoms with E-state index < -0.39 is 5.97 Å². The van der Waals surface area contributed by atoms with Crippen molar-refractivity contribution in [2.75, 3.05) is 0 Å². The van der Waals surface area contributed by atoms with Crippen LogP contribution in [0.25, 0.3) is 6.08 Å². The van der Waals surface area contributed by atoms with Crippen molar-refractivity contribution in [3.05, 3.63) is 105 Å². The minimum Gasteiger partial charge on any atom is -0.489 e. The first-order chi connectivity index (χ1) is 15.4. The highest BCUT2D eigenvalue weighted by Crippen LogP contribution is 2.25. The molecule has 0 aromatic heterocycles. The van der Waals surface area contributed by atoms with Gasteiger partial charge in [-0.25, -0.2) is 9.79 Å². The zero-order chi connectivity index (χ0) is 22.7. The van der Waals surface area contributed by atoms with Crippen LogP contribution in [0.5, 0.6) is 5.75 Å². The highest BCUT2D eigenvalue weighted by molar-refractivity contribution is 6.42. The van der Waals surface area contributed by atoms with Crippen LogP contribution in [-0.4, -0.2) is 11.9 Å². The van der Waals surface area contributed by atoms with Crippen LogP contribution in [0, 0.1) is 0 Å². The van der Waals surface area contributed by atoms with Gasteiger partial charge in [0.15, 0.2) is 5.70 Å². The maximum atomic E-state index is 12.3. The smallest absolute Gasteiger partial charge is 0.363 e. The maximum Gasteiger partial charge on any atom is 0.363 e. The molecule has 162 valence electrons. The van der Waals surface area contributed by atoms with Gasteiger partial charge in [-0.3, -0.25) is 0 Å². The second-order valence-corrected chi connectivity index (χ2v) is 8.54. The lowest BCUT2D eigenvalue weighted by Gasteiger charge is -2.08. The van der Waals surface area contributed by atoms with Crippen molar-refractivity contribution in [2.24, 2.45) is 4.99 Å². The Kier molecular flexibility index (Phi) is 6.63. The number of carbonyl (C=O) groups is 1. The van der Waals surface area contributed by atoms with Gasteiger partial charge in [0, 0.05) is 5.56 Å².